The van der Waals surface area contributed by atoms with Crippen molar-refractivity contribution in [3.05, 3.63) is 29.1 Å². The molecule has 1 heterocycles. The molecule has 0 unspecified atom stereocenters. The fraction of sp³-hybridized carbons (Fsp3) is 0.571. The largest absolute Gasteiger partial charge is 0.352 e. The van der Waals surface area contributed by atoms with Crippen molar-refractivity contribution < 1.29 is 4.79 Å². The number of carbonyl (C=O) groups is 1. The minimum atomic E-state index is 0.0326. The van der Waals surface area contributed by atoms with E-state index in [0.717, 1.165) is 30.7 Å². The summed E-state index contributed by atoms with van der Waals surface area (Å²) in [6.07, 6.45) is 3.73. The van der Waals surface area contributed by atoms with Crippen LogP contribution in [-0.2, 0) is 11.3 Å². The number of hydrogen-bond acceptors (Lipinski definition) is 2. The summed E-state index contributed by atoms with van der Waals surface area (Å²) in [6.45, 7) is 9.44. The van der Waals surface area contributed by atoms with Gasteiger partial charge in [0, 0.05) is 24.4 Å². The average molecular weight is 249 g/mol. The molecular weight excluding hydrogens is 226 g/mol. The summed E-state index contributed by atoms with van der Waals surface area (Å²) in [6, 6.07) is 2.06. The van der Waals surface area contributed by atoms with Gasteiger partial charge in [0.25, 0.3) is 0 Å². The highest BCUT2D eigenvalue weighted by molar-refractivity contribution is 5.92. The molecule has 1 amide bonds. The van der Waals surface area contributed by atoms with Crippen LogP contribution in [0.3, 0.4) is 0 Å². The van der Waals surface area contributed by atoms with E-state index in [1.165, 1.54) is 5.69 Å². The van der Waals surface area contributed by atoms with Crippen LogP contribution < -0.4 is 5.32 Å². The summed E-state index contributed by atoms with van der Waals surface area (Å²) in [5.41, 5.74) is 3.00. The summed E-state index contributed by atoms with van der Waals surface area (Å²) in [5.74, 6) is 0.0326. The van der Waals surface area contributed by atoms with Crippen LogP contribution in [-0.4, -0.2) is 22.2 Å². The van der Waals surface area contributed by atoms with Gasteiger partial charge >= 0.3 is 0 Å². The molecule has 1 N–H and O–H groups in total. The third kappa shape index (κ3) is 4.35. The van der Waals surface area contributed by atoms with E-state index in [1.54, 1.807) is 0 Å². The molecular formula is C14H23N3O. The van der Waals surface area contributed by atoms with Gasteiger partial charge in [0.1, 0.15) is 0 Å². The van der Waals surface area contributed by atoms with E-state index in [-0.39, 0.29) is 5.91 Å². The Hall–Kier alpha value is -1.58. The molecule has 1 aromatic heterocycles. The molecule has 0 aliphatic rings. The zero-order chi connectivity index (χ0) is 13.5. The van der Waals surface area contributed by atoms with Crippen molar-refractivity contribution >= 4 is 5.91 Å². The molecule has 100 valence electrons. The lowest BCUT2D eigenvalue weighted by molar-refractivity contribution is -0.117. The van der Waals surface area contributed by atoms with Crippen LogP contribution in [0.15, 0.2) is 17.7 Å². The maximum absolute atomic E-state index is 11.6. The first kappa shape index (κ1) is 14.5. The zero-order valence-corrected chi connectivity index (χ0v) is 11.8. The summed E-state index contributed by atoms with van der Waals surface area (Å²) in [4.78, 5) is 11.6. The van der Waals surface area contributed by atoms with Gasteiger partial charge in [0.15, 0.2) is 0 Å². The molecule has 1 aromatic rings. The SMILES string of the molecule is CCC=C(C)C(=O)NCCCn1nc(C)cc1C. The monoisotopic (exact) mass is 249 g/mol. The van der Waals surface area contributed by atoms with Crippen LogP contribution in [0, 0.1) is 13.8 Å². The van der Waals surface area contributed by atoms with Crippen molar-refractivity contribution in [1.82, 2.24) is 15.1 Å². The molecule has 0 radical (unpaired) electrons. The van der Waals surface area contributed by atoms with Gasteiger partial charge in [-0.15, -0.1) is 0 Å². The van der Waals surface area contributed by atoms with Crippen LogP contribution in [0.5, 0.6) is 0 Å². The van der Waals surface area contributed by atoms with Crippen LogP contribution in [0.4, 0.5) is 0 Å². The van der Waals surface area contributed by atoms with E-state index >= 15 is 0 Å². The number of rotatable bonds is 6. The normalized spacial score (nSPS) is 11.7. The summed E-state index contributed by atoms with van der Waals surface area (Å²) in [7, 11) is 0. The minimum absolute atomic E-state index is 0.0326. The number of nitrogens with one attached hydrogen (secondary N) is 1. The summed E-state index contributed by atoms with van der Waals surface area (Å²) >= 11 is 0. The minimum Gasteiger partial charge on any atom is -0.352 e. The van der Waals surface area contributed by atoms with Crippen molar-refractivity contribution in [2.75, 3.05) is 6.54 Å². The van der Waals surface area contributed by atoms with Gasteiger partial charge in [-0.3, -0.25) is 9.48 Å². The molecule has 0 fully saturated rings. The van der Waals surface area contributed by atoms with E-state index in [4.69, 9.17) is 0 Å². The number of allylic oxidation sites excluding steroid dienone is 1. The lowest BCUT2D eigenvalue weighted by atomic mass is 10.2. The van der Waals surface area contributed by atoms with E-state index in [0.29, 0.717) is 6.54 Å². The number of hydrogen-bond donors (Lipinski definition) is 1. The Morgan fingerprint density at radius 2 is 2.22 bits per heavy atom. The third-order valence-electron chi connectivity index (χ3n) is 2.80. The van der Waals surface area contributed by atoms with Crippen LogP contribution in [0.2, 0.25) is 0 Å². The molecule has 0 aliphatic carbocycles. The van der Waals surface area contributed by atoms with E-state index in [1.807, 2.05) is 38.5 Å². The van der Waals surface area contributed by atoms with E-state index in [2.05, 4.69) is 16.5 Å². The third-order valence-corrected chi connectivity index (χ3v) is 2.80. The predicted octanol–water partition coefficient (Wildman–Crippen LogP) is 2.36. The first-order valence-corrected chi connectivity index (χ1v) is 6.50. The molecule has 0 aromatic carbocycles. The Morgan fingerprint density at radius 3 is 2.78 bits per heavy atom. The highest BCUT2D eigenvalue weighted by atomic mass is 16.1. The Kier molecular flexibility index (Phi) is 5.62. The number of carbonyl (C=O) groups excluding carboxylic acids is 1. The Bertz CT molecular complexity index is 432. The Balaban J connectivity index is 2.29. The van der Waals surface area contributed by atoms with Gasteiger partial charge in [-0.2, -0.15) is 5.10 Å². The molecule has 0 aliphatic heterocycles. The topological polar surface area (TPSA) is 46.9 Å². The second-order valence-electron chi connectivity index (χ2n) is 4.56. The van der Waals surface area contributed by atoms with Gasteiger partial charge in [-0.1, -0.05) is 13.0 Å². The lowest BCUT2D eigenvalue weighted by Gasteiger charge is -2.06. The average Bonchev–Trinajstić information content (AvgIpc) is 2.63. The number of aromatic nitrogens is 2. The van der Waals surface area contributed by atoms with Gasteiger partial charge in [0.05, 0.1) is 5.69 Å². The molecule has 0 atom stereocenters. The Labute approximate surface area is 109 Å². The van der Waals surface area contributed by atoms with Gasteiger partial charge in [0.2, 0.25) is 5.91 Å². The Morgan fingerprint density at radius 1 is 1.50 bits per heavy atom. The number of aryl methyl sites for hydroxylation is 3. The molecule has 18 heavy (non-hydrogen) atoms. The van der Waals surface area contributed by atoms with Crippen LogP contribution in [0.1, 0.15) is 38.1 Å². The van der Waals surface area contributed by atoms with E-state index < -0.39 is 0 Å². The highest BCUT2D eigenvalue weighted by Gasteiger charge is 2.03. The second kappa shape index (κ2) is 6.99. The molecule has 0 saturated heterocycles. The fourth-order valence-corrected chi connectivity index (χ4v) is 1.87. The lowest BCUT2D eigenvalue weighted by Crippen LogP contribution is -2.26. The van der Waals surface area contributed by atoms with Gasteiger partial charge in [-0.25, -0.2) is 0 Å². The summed E-state index contributed by atoms with van der Waals surface area (Å²) in [5, 5.41) is 7.30. The molecule has 1 rings (SSSR count). The van der Waals surface area contributed by atoms with Crippen LogP contribution in [0.25, 0.3) is 0 Å². The van der Waals surface area contributed by atoms with Crippen molar-refractivity contribution in [3.63, 3.8) is 0 Å². The zero-order valence-electron chi connectivity index (χ0n) is 11.8. The maximum atomic E-state index is 11.6. The highest BCUT2D eigenvalue weighted by Crippen LogP contribution is 2.02. The van der Waals surface area contributed by atoms with Crippen molar-refractivity contribution in [2.45, 2.75) is 47.1 Å². The molecule has 0 bridgehead atoms. The quantitative estimate of drug-likeness (QED) is 0.621. The molecule has 4 heteroatoms. The number of nitrogens with zero attached hydrogens (tertiary/aromatic N) is 2. The molecule has 4 nitrogen and oxygen atoms in total. The maximum Gasteiger partial charge on any atom is 0.246 e. The molecule has 0 saturated carbocycles. The predicted molar refractivity (Wildman–Crippen MR) is 73.4 cm³/mol. The van der Waals surface area contributed by atoms with Crippen molar-refractivity contribution in [3.8, 4) is 0 Å². The molecule has 0 spiro atoms. The van der Waals surface area contributed by atoms with Gasteiger partial charge in [-0.05, 0) is 39.7 Å². The van der Waals surface area contributed by atoms with Crippen LogP contribution >= 0.6 is 0 Å². The standard InChI is InChI=1S/C14H23N3O/c1-5-7-11(2)14(18)15-8-6-9-17-13(4)10-12(3)16-17/h7,10H,5-6,8-9H2,1-4H3,(H,15,18). The number of amides is 1. The smallest absolute Gasteiger partial charge is 0.246 e. The second-order valence-corrected chi connectivity index (χ2v) is 4.56. The first-order chi connectivity index (χ1) is 8.54. The first-order valence-electron chi connectivity index (χ1n) is 6.50. The fourth-order valence-electron chi connectivity index (χ4n) is 1.87. The van der Waals surface area contributed by atoms with E-state index in [9.17, 15) is 4.79 Å². The van der Waals surface area contributed by atoms with Crippen molar-refractivity contribution in [2.24, 2.45) is 0 Å². The van der Waals surface area contributed by atoms with Crippen molar-refractivity contribution in [1.29, 1.82) is 0 Å². The van der Waals surface area contributed by atoms with Gasteiger partial charge < -0.3 is 5.32 Å². The summed E-state index contributed by atoms with van der Waals surface area (Å²) < 4.78 is 1.98.